The molecule has 0 bridgehead atoms. The van der Waals surface area contributed by atoms with E-state index in [0.29, 0.717) is 21.9 Å². The van der Waals surface area contributed by atoms with Crippen LogP contribution in [0.15, 0.2) is 32.8 Å². The number of nitrogens with one attached hydrogen (secondary N) is 2. The number of ether oxygens (including phenoxy) is 1. The Balaban J connectivity index is 1.43. The van der Waals surface area contributed by atoms with Crippen molar-refractivity contribution in [3.63, 3.8) is 0 Å². The Kier molecular flexibility index (Phi) is 5.39. The van der Waals surface area contributed by atoms with Crippen LogP contribution in [0.5, 0.6) is 0 Å². The highest BCUT2D eigenvalue weighted by atomic mass is 32.2. The summed E-state index contributed by atoms with van der Waals surface area (Å²) in [5, 5.41) is 7.90. The molecule has 0 spiro atoms. The predicted molar refractivity (Wildman–Crippen MR) is 106 cm³/mol. The van der Waals surface area contributed by atoms with Crippen molar-refractivity contribution in [1.29, 1.82) is 0 Å². The van der Waals surface area contributed by atoms with Gasteiger partial charge in [-0.3, -0.25) is 9.59 Å². The summed E-state index contributed by atoms with van der Waals surface area (Å²) in [5.41, 5.74) is 0.751. The quantitative estimate of drug-likeness (QED) is 0.485. The zero-order valence-corrected chi connectivity index (χ0v) is 16.3. The summed E-state index contributed by atoms with van der Waals surface area (Å²) in [4.78, 5) is 33.5. The van der Waals surface area contributed by atoms with Crippen LogP contribution < -0.4 is 10.9 Å². The maximum atomic E-state index is 12.5. The third-order valence-electron chi connectivity index (χ3n) is 4.10. The van der Waals surface area contributed by atoms with Crippen LogP contribution >= 0.6 is 34.4 Å². The van der Waals surface area contributed by atoms with Crippen molar-refractivity contribution in [2.75, 3.05) is 18.9 Å². The van der Waals surface area contributed by atoms with E-state index in [1.807, 2.05) is 22.9 Å². The van der Waals surface area contributed by atoms with Gasteiger partial charge in [-0.25, -0.2) is 4.98 Å². The minimum atomic E-state index is -0.165. The molecule has 6 nitrogen and oxygen atoms in total. The second-order valence-corrected chi connectivity index (χ2v) is 8.68. The van der Waals surface area contributed by atoms with Gasteiger partial charge in [0.1, 0.15) is 4.83 Å². The van der Waals surface area contributed by atoms with E-state index in [-0.39, 0.29) is 23.3 Å². The number of carbonyl (C=O) groups is 1. The molecular formula is C17H17N3O3S3. The lowest BCUT2D eigenvalue weighted by molar-refractivity contribution is -0.119. The third kappa shape index (κ3) is 3.85. The Morgan fingerprint density at radius 3 is 3.15 bits per heavy atom. The molecule has 136 valence electrons. The molecule has 0 unspecified atom stereocenters. The summed E-state index contributed by atoms with van der Waals surface area (Å²) in [6.07, 6.45) is 2.17. The van der Waals surface area contributed by atoms with Gasteiger partial charge in [-0.15, -0.1) is 22.7 Å². The number of H-pyrrole nitrogens is 1. The first-order chi connectivity index (χ1) is 12.7. The Morgan fingerprint density at radius 2 is 2.38 bits per heavy atom. The molecule has 0 aliphatic carbocycles. The van der Waals surface area contributed by atoms with Crippen molar-refractivity contribution < 1.29 is 9.53 Å². The highest BCUT2D eigenvalue weighted by molar-refractivity contribution is 7.99. The van der Waals surface area contributed by atoms with Crippen LogP contribution in [0.1, 0.15) is 12.8 Å². The molecule has 3 aromatic rings. The fourth-order valence-electron chi connectivity index (χ4n) is 2.83. The maximum absolute atomic E-state index is 12.5. The number of hydrogen-bond acceptors (Lipinski definition) is 7. The van der Waals surface area contributed by atoms with Gasteiger partial charge in [0.2, 0.25) is 5.91 Å². The van der Waals surface area contributed by atoms with Crippen LogP contribution in [-0.4, -0.2) is 40.9 Å². The number of fused-ring (bicyclic) bond motifs is 1. The highest BCUT2D eigenvalue weighted by Crippen LogP contribution is 2.33. The smallest absolute Gasteiger partial charge is 0.260 e. The maximum Gasteiger partial charge on any atom is 0.260 e. The molecule has 1 aliphatic rings. The Hall–Kier alpha value is -1.68. The van der Waals surface area contributed by atoms with E-state index in [2.05, 4.69) is 15.3 Å². The summed E-state index contributed by atoms with van der Waals surface area (Å²) in [7, 11) is 0. The molecule has 1 atom stereocenters. The molecule has 4 heterocycles. The zero-order valence-electron chi connectivity index (χ0n) is 13.8. The first-order valence-corrected chi connectivity index (χ1v) is 11.0. The predicted octanol–water partition coefficient (Wildman–Crippen LogP) is 3.10. The lowest BCUT2D eigenvalue weighted by Crippen LogP contribution is -2.33. The average molecular weight is 408 g/mol. The Morgan fingerprint density at radius 1 is 1.46 bits per heavy atom. The van der Waals surface area contributed by atoms with E-state index in [1.54, 1.807) is 11.3 Å². The van der Waals surface area contributed by atoms with E-state index in [1.165, 1.54) is 23.1 Å². The third-order valence-corrected chi connectivity index (χ3v) is 6.75. The number of aromatic amines is 1. The van der Waals surface area contributed by atoms with Crippen LogP contribution in [-0.2, 0) is 9.53 Å². The van der Waals surface area contributed by atoms with E-state index in [9.17, 15) is 9.59 Å². The van der Waals surface area contributed by atoms with Gasteiger partial charge in [0.15, 0.2) is 5.16 Å². The molecule has 26 heavy (non-hydrogen) atoms. The summed E-state index contributed by atoms with van der Waals surface area (Å²) in [6, 6.07) is 3.96. The van der Waals surface area contributed by atoms with Gasteiger partial charge in [0.05, 0.1) is 17.2 Å². The van der Waals surface area contributed by atoms with Gasteiger partial charge < -0.3 is 15.0 Å². The number of hydrogen-bond donors (Lipinski definition) is 2. The number of carbonyl (C=O) groups excluding carboxylic acids is 1. The second-order valence-electron chi connectivity index (χ2n) is 5.91. The molecule has 1 aliphatic heterocycles. The largest absolute Gasteiger partial charge is 0.376 e. The van der Waals surface area contributed by atoms with Crippen molar-refractivity contribution in [1.82, 2.24) is 15.3 Å². The average Bonchev–Trinajstić information content (AvgIpc) is 3.38. The molecule has 1 fully saturated rings. The molecule has 3 aromatic heterocycles. The van der Waals surface area contributed by atoms with Crippen molar-refractivity contribution >= 4 is 50.6 Å². The number of nitrogens with zero attached hydrogens (tertiary/aromatic N) is 1. The molecule has 9 heteroatoms. The van der Waals surface area contributed by atoms with Crippen molar-refractivity contribution in [3.05, 3.63) is 33.2 Å². The SMILES string of the molecule is O=C(CSc1nc2scc(-c3cccs3)c2c(=O)[nH]1)NC[C@H]1CCCO1. The van der Waals surface area contributed by atoms with Crippen LogP contribution in [0.25, 0.3) is 20.7 Å². The fourth-order valence-corrected chi connectivity index (χ4v) is 5.34. The van der Waals surface area contributed by atoms with Gasteiger partial charge in [0, 0.05) is 29.0 Å². The van der Waals surface area contributed by atoms with Crippen LogP contribution in [0.2, 0.25) is 0 Å². The molecule has 2 N–H and O–H groups in total. The number of amides is 1. The molecule has 1 amide bonds. The first kappa shape index (κ1) is 17.7. The summed E-state index contributed by atoms with van der Waals surface area (Å²) in [6.45, 7) is 1.31. The highest BCUT2D eigenvalue weighted by Gasteiger charge is 2.17. The second kappa shape index (κ2) is 7.91. The van der Waals surface area contributed by atoms with Crippen molar-refractivity contribution in [3.8, 4) is 10.4 Å². The molecule has 1 saturated heterocycles. The molecule has 4 rings (SSSR count). The fraction of sp³-hybridized carbons (Fsp3) is 0.353. The number of thioether (sulfide) groups is 1. The number of rotatable bonds is 6. The summed E-state index contributed by atoms with van der Waals surface area (Å²) < 4.78 is 5.48. The molecule has 0 radical (unpaired) electrons. The molecular weight excluding hydrogens is 390 g/mol. The molecule has 0 aromatic carbocycles. The molecule has 0 saturated carbocycles. The monoisotopic (exact) mass is 407 g/mol. The van der Waals surface area contributed by atoms with E-state index < -0.39 is 0 Å². The summed E-state index contributed by atoms with van der Waals surface area (Å²) >= 11 is 4.28. The lowest BCUT2D eigenvalue weighted by Gasteiger charge is -2.10. The number of aromatic nitrogens is 2. The zero-order chi connectivity index (χ0) is 17.9. The van der Waals surface area contributed by atoms with Crippen LogP contribution in [0, 0.1) is 0 Å². The van der Waals surface area contributed by atoms with Gasteiger partial charge in [-0.1, -0.05) is 17.8 Å². The van der Waals surface area contributed by atoms with E-state index in [0.717, 1.165) is 29.9 Å². The topological polar surface area (TPSA) is 84.1 Å². The summed E-state index contributed by atoms with van der Waals surface area (Å²) in [5.74, 6) is 0.128. The van der Waals surface area contributed by atoms with Gasteiger partial charge >= 0.3 is 0 Å². The van der Waals surface area contributed by atoms with Crippen molar-refractivity contribution in [2.45, 2.75) is 24.1 Å². The normalized spacial score (nSPS) is 17.0. The Bertz CT molecular complexity index is 959. The van der Waals surface area contributed by atoms with Gasteiger partial charge in [-0.2, -0.15) is 0 Å². The van der Waals surface area contributed by atoms with Crippen molar-refractivity contribution in [2.24, 2.45) is 0 Å². The first-order valence-electron chi connectivity index (χ1n) is 8.27. The van der Waals surface area contributed by atoms with E-state index in [4.69, 9.17) is 4.74 Å². The Labute approximate surface area is 162 Å². The standard InChI is InChI=1S/C17H17N3O3S3/c21-13(18-7-10-3-1-5-23-10)9-26-17-19-15(22)14-11(8-25-16(14)20-17)12-4-2-6-24-12/h2,4,6,8,10H,1,3,5,7,9H2,(H,18,21)(H,19,20,22)/t10-/m1/s1. The van der Waals surface area contributed by atoms with Gasteiger partial charge in [-0.05, 0) is 24.3 Å². The minimum Gasteiger partial charge on any atom is -0.376 e. The van der Waals surface area contributed by atoms with Crippen LogP contribution in [0.3, 0.4) is 0 Å². The van der Waals surface area contributed by atoms with Crippen LogP contribution in [0.4, 0.5) is 0 Å². The van der Waals surface area contributed by atoms with Gasteiger partial charge in [0.25, 0.3) is 5.56 Å². The number of thiophene rings is 2. The lowest BCUT2D eigenvalue weighted by atomic mass is 10.2. The minimum absolute atomic E-state index is 0.0845. The van der Waals surface area contributed by atoms with E-state index >= 15 is 0 Å².